The number of benzene rings is 1. The van der Waals surface area contributed by atoms with Crippen LogP contribution in [-0.2, 0) is 10.0 Å². The zero-order valence-electron chi connectivity index (χ0n) is 9.04. The number of anilines is 2. The first-order valence-electron chi connectivity index (χ1n) is 4.77. The highest BCUT2D eigenvalue weighted by atomic mass is 32.2. The topological polar surface area (TPSA) is 85.1 Å². The van der Waals surface area contributed by atoms with Crippen LogP contribution in [-0.4, -0.2) is 13.4 Å². The average Bonchev–Trinajstić information content (AvgIpc) is 2.68. The van der Waals surface area contributed by atoms with Crippen LogP contribution in [0.4, 0.5) is 10.8 Å². The molecule has 17 heavy (non-hydrogen) atoms. The Labute approximate surface area is 103 Å². The molecule has 5 nitrogen and oxygen atoms in total. The lowest BCUT2D eigenvalue weighted by Gasteiger charge is -2.08. The minimum Gasteiger partial charge on any atom is -0.399 e. The van der Waals surface area contributed by atoms with Crippen LogP contribution in [0.3, 0.4) is 0 Å². The van der Waals surface area contributed by atoms with Crippen LogP contribution >= 0.6 is 11.3 Å². The molecule has 0 fully saturated rings. The quantitative estimate of drug-likeness (QED) is 0.832. The maximum Gasteiger partial charge on any atom is 0.263 e. The molecule has 0 atom stereocenters. The summed E-state index contributed by atoms with van der Waals surface area (Å²) in [4.78, 5) is 4.09. The Balaban J connectivity index is 2.38. The van der Waals surface area contributed by atoms with Crippen LogP contribution in [0.15, 0.2) is 34.7 Å². The van der Waals surface area contributed by atoms with Crippen LogP contribution < -0.4 is 10.5 Å². The Morgan fingerprint density at radius 2 is 2.18 bits per heavy atom. The smallest absolute Gasteiger partial charge is 0.263 e. The van der Waals surface area contributed by atoms with Crippen molar-refractivity contribution in [2.24, 2.45) is 0 Å². The summed E-state index contributed by atoms with van der Waals surface area (Å²) in [7, 11) is -3.59. The highest BCUT2D eigenvalue weighted by Crippen LogP contribution is 2.21. The van der Waals surface area contributed by atoms with E-state index in [1.807, 2.05) is 0 Å². The zero-order chi connectivity index (χ0) is 12.5. The average molecular weight is 269 g/mol. The predicted octanol–water partition coefficient (Wildman–Crippen LogP) is 1.83. The van der Waals surface area contributed by atoms with E-state index in [1.165, 1.54) is 17.4 Å². The van der Waals surface area contributed by atoms with Crippen molar-refractivity contribution in [3.63, 3.8) is 0 Å². The largest absolute Gasteiger partial charge is 0.399 e. The molecule has 0 spiro atoms. The molecule has 0 unspecified atom stereocenters. The fourth-order valence-corrected chi connectivity index (χ4v) is 3.43. The summed E-state index contributed by atoms with van der Waals surface area (Å²) in [6.45, 7) is 1.70. The normalized spacial score (nSPS) is 11.4. The van der Waals surface area contributed by atoms with Crippen molar-refractivity contribution in [2.75, 3.05) is 10.5 Å². The molecule has 2 rings (SSSR count). The number of rotatable bonds is 3. The number of aryl methyl sites for hydroxylation is 1. The summed E-state index contributed by atoms with van der Waals surface area (Å²) >= 11 is 1.23. The standard InChI is InChI=1S/C10H11N3O2S2/c1-7-6-8(11)2-3-9(7)17(14,15)13-10-12-4-5-16-10/h2-6H,11H2,1H3,(H,12,13). The number of sulfonamides is 1. The minimum absolute atomic E-state index is 0.210. The molecule has 0 bridgehead atoms. The van der Waals surface area contributed by atoms with Gasteiger partial charge in [0.15, 0.2) is 5.13 Å². The molecule has 1 aromatic heterocycles. The Bertz CT molecular complexity index is 621. The van der Waals surface area contributed by atoms with Gasteiger partial charge in [-0.15, -0.1) is 11.3 Å². The first-order valence-corrected chi connectivity index (χ1v) is 7.14. The lowest BCUT2D eigenvalue weighted by molar-refractivity contribution is 0.600. The van der Waals surface area contributed by atoms with Gasteiger partial charge in [-0.3, -0.25) is 4.72 Å². The summed E-state index contributed by atoms with van der Waals surface area (Å²) in [5.41, 5.74) is 6.72. The van der Waals surface area contributed by atoms with Crippen LogP contribution in [0.25, 0.3) is 0 Å². The fraction of sp³-hybridized carbons (Fsp3) is 0.100. The van der Waals surface area contributed by atoms with Gasteiger partial charge in [0.2, 0.25) is 0 Å². The summed E-state index contributed by atoms with van der Waals surface area (Å²) in [6.07, 6.45) is 1.54. The van der Waals surface area contributed by atoms with E-state index in [0.29, 0.717) is 16.4 Å². The molecule has 0 aliphatic heterocycles. The lowest BCUT2D eigenvalue weighted by Crippen LogP contribution is -2.14. The Morgan fingerprint density at radius 1 is 1.41 bits per heavy atom. The second kappa shape index (κ2) is 4.34. The molecule has 3 N–H and O–H groups in total. The molecule has 0 saturated heterocycles. The molecule has 0 amide bonds. The maximum absolute atomic E-state index is 12.0. The van der Waals surface area contributed by atoms with Gasteiger partial charge in [-0.2, -0.15) is 0 Å². The summed E-state index contributed by atoms with van der Waals surface area (Å²) < 4.78 is 26.5. The van der Waals surface area contributed by atoms with Gasteiger partial charge < -0.3 is 5.73 Å². The number of nitrogens with zero attached hydrogens (tertiary/aromatic N) is 1. The number of thiazole rings is 1. The van der Waals surface area contributed by atoms with Gasteiger partial charge in [-0.25, -0.2) is 13.4 Å². The van der Waals surface area contributed by atoms with E-state index < -0.39 is 10.0 Å². The molecule has 0 saturated carbocycles. The van der Waals surface area contributed by atoms with Crippen LogP contribution in [0.1, 0.15) is 5.56 Å². The number of hydrogen-bond acceptors (Lipinski definition) is 5. The third kappa shape index (κ3) is 2.56. The molecule has 0 radical (unpaired) electrons. The van der Waals surface area contributed by atoms with Crippen molar-refractivity contribution >= 4 is 32.2 Å². The third-order valence-electron chi connectivity index (χ3n) is 2.14. The van der Waals surface area contributed by atoms with Crippen molar-refractivity contribution < 1.29 is 8.42 Å². The van der Waals surface area contributed by atoms with Gasteiger partial charge >= 0.3 is 0 Å². The van der Waals surface area contributed by atoms with Gasteiger partial charge in [-0.05, 0) is 30.7 Å². The fourth-order valence-electron chi connectivity index (χ4n) is 1.42. The van der Waals surface area contributed by atoms with Crippen molar-refractivity contribution in [1.29, 1.82) is 0 Å². The number of nitrogens with one attached hydrogen (secondary N) is 1. The van der Waals surface area contributed by atoms with E-state index in [4.69, 9.17) is 5.73 Å². The molecule has 90 valence electrons. The Morgan fingerprint density at radius 3 is 2.76 bits per heavy atom. The molecule has 1 heterocycles. The van der Waals surface area contributed by atoms with E-state index in [0.717, 1.165) is 0 Å². The van der Waals surface area contributed by atoms with E-state index in [9.17, 15) is 8.42 Å². The monoisotopic (exact) mass is 269 g/mol. The van der Waals surface area contributed by atoms with Crippen molar-refractivity contribution in [3.05, 3.63) is 35.3 Å². The first-order chi connectivity index (χ1) is 7.99. The minimum atomic E-state index is -3.59. The first kappa shape index (κ1) is 11.9. The van der Waals surface area contributed by atoms with Gasteiger partial charge in [0.25, 0.3) is 10.0 Å². The van der Waals surface area contributed by atoms with E-state index in [-0.39, 0.29) is 4.90 Å². The second-order valence-electron chi connectivity index (χ2n) is 3.47. The number of nitrogen functional groups attached to an aromatic ring is 1. The summed E-state index contributed by atoms with van der Waals surface area (Å²) in [6, 6.07) is 4.67. The van der Waals surface area contributed by atoms with Gasteiger partial charge in [0.05, 0.1) is 4.90 Å². The van der Waals surface area contributed by atoms with Gasteiger partial charge in [-0.1, -0.05) is 0 Å². The molecular formula is C10H11N3O2S2. The maximum atomic E-state index is 12.0. The van der Waals surface area contributed by atoms with E-state index >= 15 is 0 Å². The van der Waals surface area contributed by atoms with E-state index in [2.05, 4.69) is 9.71 Å². The SMILES string of the molecule is Cc1cc(N)ccc1S(=O)(=O)Nc1nccs1. The molecule has 1 aromatic carbocycles. The summed E-state index contributed by atoms with van der Waals surface area (Å²) in [5, 5.41) is 2.05. The van der Waals surface area contributed by atoms with Gasteiger partial charge in [0.1, 0.15) is 0 Å². The van der Waals surface area contributed by atoms with Crippen LogP contribution in [0.5, 0.6) is 0 Å². The zero-order valence-corrected chi connectivity index (χ0v) is 10.7. The van der Waals surface area contributed by atoms with Crippen LogP contribution in [0, 0.1) is 6.92 Å². The molecular weight excluding hydrogens is 258 g/mol. The van der Waals surface area contributed by atoms with Crippen molar-refractivity contribution in [3.8, 4) is 0 Å². The van der Waals surface area contributed by atoms with E-state index in [1.54, 1.807) is 30.6 Å². The number of hydrogen-bond donors (Lipinski definition) is 2. The predicted molar refractivity (Wildman–Crippen MR) is 68.5 cm³/mol. The molecule has 0 aliphatic carbocycles. The number of nitrogens with two attached hydrogens (primary N) is 1. The van der Waals surface area contributed by atoms with Crippen molar-refractivity contribution in [1.82, 2.24) is 4.98 Å². The second-order valence-corrected chi connectivity index (χ2v) is 6.01. The highest BCUT2D eigenvalue weighted by Gasteiger charge is 2.17. The molecule has 2 aromatic rings. The third-order valence-corrected chi connectivity index (χ3v) is 4.46. The summed E-state index contributed by atoms with van der Waals surface area (Å²) in [5.74, 6) is 0. The van der Waals surface area contributed by atoms with Crippen molar-refractivity contribution in [2.45, 2.75) is 11.8 Å². The van der Waals surface area contributed by atoms with Crippen LogP contribution in [0.2, 0.25) is 0 Å². The Hall–Kier alpha value is -1.60. The Kier molecular flexibility index (Phi) is 3.03. The lowest BCUT2D eigenvalue weighted by atomic mass is 10.2. The molecule has 0 aliphatic rings. The molecule has 7 heteroatoms. The van der Waals surface area contributed by atoms with Gasteiger partial charge in [0, 0.05) is 17.3 Å². The highest BCUT2D eigenvalue weighted by molar-refractivity contribution is 7.93. The number of aromatic nitrogens is 1.